The van der Waals surface area contributed by atoms with E-state index in [1.165, 1.54) is 10.9 Å². The minimum Gasteiger partial charge on any atom is -0.264 e. The van der Waals surface area contributed by atoms with E-state index in [4.69, 9.17) is 0 Å². The molecule has 0 saturated carbocycles. The molecule has 1 aromatic carbocycles. The van der Waals surface area contributed by atoms with Crippen LogP contribution in [0.25, 0.3) is 10.8 Å². The van der Waals surface area contributed by atoms with Gasteiger partial charge in [-0.15, -0.1) is 0 Å². The molecule has 0 spiro atoms. The van der Waals surface area contributed by atoms with Crippen LogP contribution in [-0.2, 0) is 0 Å². The number of pyridine rings is 1. The van der Waals surface area contributed by atoms with Gasteiger partial charge in [-0.3, -0.25) is 4.98 Å². The normalized spacial score (nSPS) is 10.7. The van der Waals surface area contributed by atoms with E-state index in [1.54, 1.807) is 0 Å². The maximum atomic E-state index is 4.16. The van der Waals surface area contributed by atoms with Crippen LogP contribution in [0.15, 0.2) is 33.5 Å². The summed E-state index contributed by atoms with van der Waals surface area (Å²) in [6.07, 6.45) is 3.75. The highest BCUT2D eigenvalue weighted by Gasteiger charge is 2.04. The van der Waals surface area contributed by atoms with E-state index in [1.807, 2.05) is 24.5 Å². The van der Waals surface area contributed by atoms with Gasteiger partial charge in [-0.05, 0) is 24.6 Å². The molecule has 0 saturated heterocycles. The first-order chi connectivity index (χ1) is 6.20. The van der Waals surface area contributed by atoms with Crippen LogP contribution in [0, 0.1) is 6.92 Å². The average Bonchev–Trinajstić information content (AvgIpc) is 2.12. The first-order valence-corrected chi connectivity index (χ1v) is 5.47. The second kappa shape index (κ2) is 3.39. The maximum absolute atomic E-state index is 4.16. The Morgan fingerprint density at radius 1 is 1.08 bits per heavy atom. The molecule has 2 aromatic rings. The fraction of sp³-hybridized carbons (Fsp3) is 0.100. The van der Waals surface area contributed by atoms with E-state index >= 15 is 0 Å². The molecule has 0 atom stereocenters. The van der Waals surface area contributed by atoms with E-state index in [9.17, 15) is 0 Å². The van der Waals surface area contributed by atoms with Crippen LogP contribution in [0.4, 0.5) is 0 Å². The summed E-state index contributed by atoms with van der Waals surface area (Å²) in [6, 6.07) is 4.06. The molecule has 0 bridgehead atoms. The summed E-state index contributed by atoms with van der Waals surface area (Å²) in [5.74, 6) is 0. The molecule has 1 aromatic heterocycles. The van der Waals surface area contributed by atoms with Gasteiger partial charge >= 0.3 is 0 Å². The molecule has 66 valence electrons. The van der Waals surface area contributed by atoms with Crippen LogP contribution in [0.2, 0.25) is 0 Å². The molecule has 0 aliphatic carbocycles. The Morgan fingerprint density at radius 2 is 1.77 bits per heavy atom. The van der Waals surface area contributed by atoms with Gasteiger partial charge in [0, 0.05) is 32.1 Å². The van der Waals surface area contributed by atoms with Crippen molar-refractivity contribution in [3.8, 4) is 0 Å². The number of rotatable bonds is 0. The molecule has 0 N–H and O–H groups in total. The van der Waals surface area contributed by atoms with Gasteiger partial charge in [0.15, 0.2) is 0 Å². The van der Waals surface area contributed by atoms with Crippen molar-refractivity contribution in [2.45, 2.75) is 6.92 Å². The highest BCUT2D eigenvalue weighted by atomic mass is 79.9. The number of benzene rings is 1. The molecule has 0 aliphatic heterocycles. The predicted octanol–water partition coefficient (Wildman–Crippen LogP) is 4.07. The van der Waals surface area contributed by atoms with Crippen LogP contribution in [-0.4, -0.2) is 4.98 Å². The van der Waals surface area contributed by atoms with Crippen molar-refractivity contribution < 1.29 is 0 Å². The summed E-state index contributed by atoms with van der Waals surface area (Å²) in [5.41, 5.74) is 1.19. The number of hydrogen-bond donors (Lipinski definition) is 0. The van der Waals surface area contributed by atoms with E-state index in [0.29, 0.717) is 0 Å². The second-order valence-electron chi connectivity index (χ2n) is 2.91. The lowest BCUT2D eigenvalue weighted by molar-refractivity contribution is 1.30. The smallest absolute Gasteiger partial charge is 0.0358 e. The summed E-state index contributed by atoms with van der Waals surface area (Å²) in [7, 11) is 0. The number of nitrogens with zero attached hydrogens (tertiary/aromatic N) is 1. The number of fused-ring (bicyclic) bond motifs is 1. The van der Waals surface area contributed by atoms with E-state index in [-0.39, 0.29) is 0 Å². The van der Waals surface area contributed by atoms with E-state index in [2.05, 4.69) is 43.8 Å². The van der Waals surface area contributed by atoms with Crippen molar-refractivity contribution in [3.05, 3.63) is 39.0 Å². The summed E-state index contributed by atoms with van der Waals surface area (Å²) < 4.78 is 2.20. The SMILES string of the molecule is Cc1cncc2c(Br)ccc(Br)c12. The molecule has 1 nitrogen and oxygen atoms in total. The van der Waals surface area contributed by atoms with Gasteiger partial charge in [0.25, 0.3) is 0 Å². The van der Waals surface area contributed by atoms with Crippen molar-refractivity contribution in [1.82, 2.24) is 4.98 Å². The number of halogens is 2. The summed E-state index contributed by atoms with van der Waals surface area (Å²) in [4.78, 5) is 4.16. The van der Waals surface area contributed by atoms with Crippen LogP contribution in [0.5, 0.6) is 0 Å². The standard InChI is InChI=1S/C10H7Br2N/c1-6-4-13-5-7-8(11)2-3-9(12)10(6)7/h2-5H,1H3. The van der Waals surface area contributed by atoms with Crippen LogP contribution < -0.4 is 0 Å². The molecule has 0 unspecified atom stereocenters. The summed E-state index contributed by atoms with van der Waals surface area (Å²) in [6.45, 7) is 2.06. The van der Waals surface area contributed by atoms with Gasteiger partial charge in [-0.1, -0.05) is 31.9 Å². The third kappa shape index (κ3) is 1.51. The lowest BCUT2D eigenvalue weighted by Crippen LogP contribution is -1.83. The van der Waals surface area contributed by atoms with Crippen LogP contribution >= 0.6 is 31.9 Å². The molecule has 3 heteroatoms. The molecule has 13 heavy (non-hydrogen) atoms. The van der Waals surface area contributed by atoms with Gasteiger partial charge in [-0.25, -0.2) is 0 Å². The van der Waals surface area contributed by atoms with Gasteiger partial charge in [0.2, 0.25) is 0 Å². The number of aromatic nitrogens is 1. The highest BCUT2D eigenvalue weighted by molar-refractivity contribution is 9.11. The quantitative estimate of drug-likeness (QED) is 0.715. The largest absolute Gasteiger partial charge is 0.264 e. The van der Waals surface area contributed by atoms with E-state index < -0.39 is 0 Å². The Morgan fingerprint density at radius 3 is 2.46 bits per heavy atom. The zero-order valence-corrected chi connectivity index (χ0v) is 10.2. The van der Waals surface area contributed by atoms with Gasteiger partial charge in [-0.2, -0.15) is 0 Å². The van der Waals surface area contributed by atoms with Gasteiger partial charge in [0.1, 0.15) is 0 Å². The summed E-state index contributed by atoms with van der Waals surface area (Å²) >= 11 is 7.04. The molecule has 1 heterocycles. The first kappa shape index (κ1) is 9.16. The predicted molar refractivity (Wildman–Crippen MR) is 61.9 cm³/mol. The monoisotopic (exact) mass is 299 g/mol. The lowest BCUT2D eigenvalue weighted by atomic mass is 10.1. The Hall–Kier alpha value is -0.410. The number of hydrogen-bond acceptors (Lipinski definition) is 1. The Bertz CT molecular complexity index is 457. The van der Waals surface area contributed by atoms with Crippen molar-refractivity contribution in [3.63, 3.8) is 0 Å². The molecule has 0 aliphatic rings. The van der Waals surface area contributed by atoms with Crippen LogP contribution in [0.1, 0.15) is 5.56 Å². The average molecular weight is 301 g/mol. The Kier molecular flexibility index (Phi) is 2.39. The second-order valence-corrected chi connectivity index (χ2v) is 4.62. The molecule has 2 rings (SSSR count). The van der Waals surface area contributed by atoms with Crippen molar-refractivity contribution in [1.29, 1.82) is 0 Å². The molecule has 0 amide bonds. The van der Waals surface area contributed by atoms with E-state index in [0.717, 1.165) is 14.3 Å². The Labute approximate surface area is 93.4 Å². The molecular formula is C10H7Br2N. The summed E-state index contributed by atoms with van der Waals surface area (Å²) in [5, 5.41) is 2.37. The highest BCUT2D eigenvalue weighted by Crippen LogP contribution is 2.31. The minimum atomic E-state index is 1.09. The molecular weight excluding hydrogens is 294 g/mol. The van der Waals surface area contributed by atoms with Crippen molar-refractivity contribution in [2.75, 3.05) is 0 Å². The van der Waals surface area contributed by atoms with Crippen molar-refractivity contribution >= 4 is 42.6 Å². The zero-order chi connectivity index (χ0) is 9.42. The third-order valence-corrected chi connectivity index (χ3v) is 3.36. The first-order valence-electron chi connectivity index (χ1n) is 3.88. The van der Waals surface area contributed by atoms with Gasteiger partial charge < -0.3 is 0 Å². The number of aryl methyl sites for hydroxylation is 1. The molecule has 0 radical (unpaired) electrons. The minimum absolute atomic E-state index is 1.09. The third-order valence-electron chi connectivity index (χ3n) is 2.01. The molecule has 0 fully saturated rings. The zero-order valence-electron chi connectivity index (χ0n) is 7.01. The maximum Gasteiger partial charge on any atom is 0.0358 e. The Balaban J connectivity index is 3.00. The van der Waals surface area contributed by atoms with Crippen molar-refractivity contribution in [2.24, 2.45) is 0 Å². The van der Waals surface area contributed by atoms with Gasteiger partial charge in [0.05, 0.1) is 0 Å². The van der Waals surface area contributed by atoms with Crippen LogP contribution in [0.3, 0.4) is 0 Å². The fourth-order valence-corrected chi connectivity index (χ4v) is 2.47. The lowest BCUT2D eigenvalue weighted by Gasteiger charge is -2.05. The fourth-order valence-electron chi connectivity index (χ4n) is 1.38. The topological polar surface area (TPSA) is 12.9 Å².